The van der Waals surface area contributed by atoms with Crippen LogP contribution in [0.15, 0.2) is 39.1 Å². The lowest BCUT2D eigenvalue weighted by atomic mass is 9.77. The van der Waals surface area contributed by atoms with Gasteiger partial charge in [0.15, 0.2) is 5.78 Å². The molecule has 2 aliphatic rings. The normalized spacial score (nSPS) is 20.6. The number of furan rings is 1. The van der Waals surface area contributed by atoms with Crippen LogP contribution in [0, 0.1) is 10.1 Å². The Labute approximate surface area is 137 Å². The van der Waals surface area contributed by atoms with E-state index in [-0.39, 0.29) is 17.1 Å². The highest BCUT2D eigenvalue weighted by atomic mass is 16.6. The minimum absolute atomic E-state index is 0.0956. The zero-order valence-corrected chi connectivity index (χ0v) is 13.3. The number of methoxy groups -OCH3 is 1. The van der Waals surface area contributed by atoms with Crippen LogP contribution in [0.3, 0.4) is 0 Å². The monoisotopic (exact) mass is 332 g/mol. The molecule has 24 heavy (non-hydrogen) atoms. The van der Waals surface area contributed by atoms with Crippen molar-refractivity contribution in [1.29, 1.82) is 0 Å². The molecular weight excluding hydrogens is 316 g/mol. The predicted octanol–water partition coefficient (Wildman–Crippen LogP) is 2.33. The topological polar surface area (TPSA) is 112 Å². The predicted molar refractivity (Wildman–Crippen MR) is 81.8 cm³/mol. The van der Waals surface area contributed by atoms with Crippen LogP contribution >= 0.6 is 0 Å². The molecule has 1 aliphatic carbocycles. The molecule has 0 fully saturated rings. The van der Waals surface area contributed by atoms with Crippen LogP contribution < -0.4 is 5.32 Å². The molecule has 126 valence electrons. The van der Waals surface area contributed by atoms with E-state index < -0.39 is 22.7 Å². The first kappa shape index (κ1) is 16.0. The van der Waals surface area contributed by atoms with Gasteiger partial charge >= 0.3 is 11.9 Å². The third-order valence-electron chi connectivity index (χ3n) is 4.26. The van der Waals surface area contributed by atoms with Gasteiger partial charge in [-0.3, -0.25) is 14.9 Å². The Balaban J connectivity index is 2.17. The zero-order valence-electron chi connectivity index (χ0n) is 13.3. The molecule has 0 saturated carbocycles. The Morgan fingerprint density at radius 3 is 2.79 bits per heavy atom. The SMILES string of the molecule is COC(=O)C1=C(C)NC2=C(C(=O)CCC2)[C@H]1c1ccc([N+](=O)[O-])o1. The van der Waals surface area contributed by atoms with Gasteiger partial charge < -0.3 is 14.5 Å². The average Bonchev–Trinajstić information content (AvgIpc) is 3.03. The number of Topliss-reactive ketones (excluding diaryl/α,β-unsaturated/α-hetero) is 1. The molecule has 0 amide bonds. The Bertz CT molecular complexity index is 801. The van der Waals surface area contributed by atoms with Gasteiger partial charge in [0, 0.05) is 23.4 Å². The molecule has 8 heteroatoms. The highest BCUT2D eigenvalue weighted by Crippen LogP contribution is 2.43. The second-order valence-electron chi connectivity index (χ2n) is 5.69. The fraction of sp³-hybridized carbons (Fsp3) is 0.375. The van der Waals surface area contributed by atoms with Gasteiger partial charge in [-0.25, -0.2) is 4.79 Å². The first-order chi connectivity index (χ1) is 11.4. The summed E-state index contributed by atoms with van der Waals surface area (Å²) in [6.45, 7) is 1.71. The van der Waals surface area contributed by atoms with Gasteiger partial charge in [-0.15, -0.1) is 0 Å². The second-order valence-corrected chi connectivity index (χ2v) is 5.69. The van der Waals surface area contributed by atoms with Crippen molar-refractivity contribution in [3.05, 3.63) is 50.5 Å². The summed E-state index contributed by atoms with van der Waals surface area (Å²) in [5.41, 5.74) is 1.95. The maximum Gasteiger partial charge on any atom is 0.433 e. The van der Waals surface area contributed by atoms with E-state index in [0.717, 1.165) is 12.1 Å². The van der Waals surface area contributed by atoms with E-state index in [4.69, 9.17) is 9.15 Å². The van der Waals surface area contributed by atoms with Crippen molar-refractivity contribution >= 4 is 17.6 Å². The van der Waals surface area contributed by atoms with Gasteiger partial charge in [0.05, 0.1) is 24.7 Å². The molecule has 0 bridgehead atoms. The molecule has 0 unspecified atom stereocenters. The maximum absolute atomic E-state index is 12.5. The summed E-state index contributed by atoms with van der Waals surface area (Å²) in [6, 6.07) is 2.64. The number of nitrogens with one attached hydrogen (secondary N) is 1. The average molecular weight is 332 g/mol. The molecule has 1 aromatic rings. The first-order valence-electron chi connectivity index (χ1n) is 7.50. The number of hydrogen-bond donors (Lipinski definition) is 1. The van der Waals surface area contributed by atoms with E-state index in [1.165, 1.54) is 19.2 Å². The number of nitro groups is 1. The standard InChI is InChI=1S/C16H16N2O6/c1-8-13(16(20)23-2)15(11-6-7-12(24-11)18(21)22)14-9(17-8)4-3-5-10(14)19/h6-7,15,17H,3-5H2,1-2H3/t15-/m0/s1. The van der Waals surface area contributed by atoms with Crippen molar-refractivity contribution in [3.63, 3.8) is 0 Å². The largest absolute Gasteiger partial charge is 0.466 e. The van der Waals surface area contributed by atoms with Crippen molar-refractivity contribution in [1.82, 2.24) is 5.32 Å². The molecular formula is C16H16N2O6. The molecule has 0 radical (unpaired) electrons. The number of esters is 1. The van der Waals surface area contributed by atoms with Gasteiger partial charge in [0.1, 0.15) is 10.7 Å². The van der Waals surface area contributed by atoms with Crippen molar-refractivity contribution in [2.24, 2.45) is 0 Å². The van der Waals surface area contributed by atoms with Crippen molar-refractivity contribution in [2.75, 3.05) is 7.11 Å². The minimum Gasteiger partial charge on any atom is -0.466 e. The smallest absolute Gasteiger partial charge is 0.433 e. The molecule has 1 N–H and O–H groups in total. The molecule has 2 heterocycles. The third kappa shape index (κ3) is 2.49. The lowest BCUT2D eigenvalue weighted by Gasteiger charge is -2.32. The van der Waals surface area contributed by atoms with Crippen LogP contribution in [0.25, 0.3) is 0 Å². The highest BCUT2D eigenvalue weighted by Gasteiger charge is 2.41. The number of rotatable bonds is 3. The molecule has 0 spiro atoms. The van der Waals surface area contributed by atoms with Crippen LogP contribution in [-0.2, 0) is 14.3 Å². The fourth-order valence-electron chi connectivity index (χ4n) is 3.24. The van der Waals surface area contributed by atoms with E-state index in [2.05, 4.69) is 5.32 Å². The Kier molecular flexibility index (Phi) is 3.96. The third-order valence-corrected chi connectivity index (χ3v) is 4.26. The van der Waals surface area contributed by atoms with E-state index in [9.17, 15) is 19.7 Å². The quantitative estimate of drug-likeness (QED) is 0.513. The van der Waals surface area contributed by atoms with Crippen molar-refractivity contribution < 1.29 is 23.7 Å². The summed E-state index contributed by atoms with van der Waals surface area (Å²) in [4.78, 5) is 35.0. The first-order valence-corrected chi connectivity index (χ1v) is 7.50. The van der Waals surface area contributed by atoms with Gasteiger partial charge in [-0.05, 0) is 25.8 Å². The molecule has 0 aromatic carbocycles. The maximum atomic E-state index is 12.5. The van der Waals surface area contributed by atoms with Gasteiger partial charge in [0.2, 0.25) is 0 Å². The van der Waals surface area contributed by atoms with Crippen LogP contribution in [0.5, 0.6) is 0 Å². The number of allylic oxidation sites excluding steroid dienone is 3. The zero-order chi connectivity index (χ0) is 17.4. The van der Waals surface area contributed by atoms with Gasteiger partial charge in [0.25, 0.3) is 0 Å². The summed E-state index contributed by atoms with van der Waals surface area (Å²) in [6.07, 6.45) is 1.76. The lowest BCUT2D eigenvalue weighted by Crippen LogP contribution is -2.34. The molecule has 8 nitrogen and oxygen atoms in total. The Morgan fingerprint density at radius 1 is 1.42 bits per heavy atom. The summed E-state index contributed by atoms with van der Waals surface area (Å²) in [5.74, 6) is -1.74. The van der Waals surface area contributed by atoms with Crippen LogP contribution in [0.2, 0.25) is 0 Å². The minimum atomic E-state index is -0.796. The number of dihydropyridines is 1. The Hall–Kier alpha value is -2.90. The molecule has 3 rings (SSSR count). The highest BCUT2D eigenvalue weighted by molar-refractivity contribution is 6.03. The van der Waals surface area contributed by atoms with Crippen LogP contribution in [-0.4, -0.2) is 23.8 Å². The van der Waals surface area contributed by atoms with E-state index in [0.29, 0.717) is 24.1 Å². The summed E-state index contributed by atoms with van der Waals surface area (Å²) >= 11 is 0. The second kappa shape index (κ2) is 5.95. The summed E-state index contributed by atoms with van der Waals surface area (Å²) in [5, 5.41) is 14.0. The molecule has 0 saturated heterocycles. The van der Waals surface area contributed by atoms with Gasteiger partial charge in [-0.2, -0.15) is 0 Å². The van der Waals surface area contributed by atoms with Crippen molar-refractivity contribution in [3.8, 4) is 0 Å². The van der Waals surface area contributed by atoms with Crippen molar-refractivity contribution in [2.45, 2.75) is 32.1 Å². The lowest BCUT2D eigenvalue weighted by molar-refractivity contribution is -0.402. The number of nitrogens with zero attached hydrogens (tertiary/aromatic N) is 1. The molecule has 1 aromatic heterocycles. The van der Waals surface area contributed by atoms with E-state index in [1.54, 1.807) is 6.92 Å². The Morgan fingerprint density at radius 2 is 2.17 bits per heavy atom. The molecule has 1 atom stereocenters. The van der Waals surface area contributed by atoms with E-state index >= 15 is 0 Å². The van der Waals surface area contributed by atoms with Crippen LogP contribution in [0.4, 0.5) is 5.88 Å². The summed E-state index contributed by atoms with van der Waals surface area (Å²) < 4.78 is 10.1. The van der Waals surface area contributed by atoms with E-state index in [1.807, 2.05) is 0 Å². The number of carbonyl (C=O) groups is 2. The van der Waals surface area contributed by atoms with Gasteiger partial charge in [-0.1, -0.05) is 0 Å². The number of carbonyl (C=O) groups excluding carboxylic acids is 2. The fourth-order valence-corrected chi connectivity index (χ4v) is 3.24. The number of ketones is 1. The number of ether oxygens (including phenoxy) is 1. The molecule has 1 aliphatic heterocycles. The van der Waals surface area contributed by atoms with Crippen LogP contribution in [0.1, 0.15) is 37.9 Å². The number of hydrogen-bond acceptors (Lipinski definition) is 7. The summed E-state index contributed by atoms with van der Waals surface area (Å²) in [7, 11) is 1.25.